The van der Waals surface area contributed by atoms with Gasteiger partial charge in [-0.15, -0.1) is 0 Å². The van der Waals surface area contributed by atoms with Gasteiger partial charge in [0.1, 0.15) is 12.4 Å². The van der Waals surface area contributed by atoms with E-state index in [4.69, 9.17) is 9.47 Å². The van der Waals surface area contributed by atoms with Gasteiger partial charge >= 0.3 is 6.18 Å². The molecule has 1 atom stereocenters. The molecule has 1 aliphatic rings. The van der Waals surface area contributed by atoms with E-state index >= 15 is 0 Å². The number of fused-ring (bicyclic) bond motifs is 1. The van der Waals surface area contributed by atoms with Crippen LogP contribution >= 0.6 is 0 Å². The van der Waals surface area contributed by atoms with Crippen LogP contribution in [0, 0.1) is 0 Å². The van der Waals surface area contributed by atoms with Gasteiger partial charge in [0.05, 0.1) is 19.3 Å². The lowest BCUT2D eigenvalue weighted by Gasteiger charge is -2.20. The summed E-state index contributed by atoms with van der Waals surface area (Å²) in [5.74, 6) is 0.865. The van der Waals surface area contributed by atoms with Crippen LogP contribution in [0.2, 0.25) is 0 Å². The van der Waals surface area contributed by atoms with Gasteiger partial charge in [-0.2, -0.15) is 13.2 Å². The van der Waals surface area contributed by atoms with Crippen LogP contribution < -0.4 is 10.1 Å². The Morgan fingerprint density at radius 2 is 2.19 bits per heavy atom. The molecule has 21 heavy (non-hydrogen) atoms. The van der Waals surface area contributed by atoms with Crippen molar-refractivity contribution < 1.29 is 22.6 Å². The van der Waals surface area contributed by atoms with E-state index in [0.29, 0.717) is 6.61 Å². The van der Waals surface area contributed by atoms with Crippen molar-refractivity contribution in [3.8, 4) is 5.75 Å². The van der Waals surface area contributed by atoms with Crippen molar-refractivity contribution in [1.29, 1.82) is 0 Å². The molecular weight excluding hydrogens is 283 g/mol. The van der Waals surface area contributed by atoms with Gasteiger partial charge in [-0.25, -0.2) is 0 Å². The number of ether oxygens (including phenoxy) is 2. The summed E-state index contributed by atoms with van der Waals surface area (Å²) < 4.78 is 46.8. The molecule has 1 unspecified atom stereocenters. The van der Waals surface area contributed by atoms with Crippen molar-refractivity contribution in [2.24, 2.45) is 0 Å². The molecule has 3 nitrogen and oxygen atoms in total. The highest BCUT2D eigenvalue weighted by Gasteiger charge is 2.28. The first-order valence-electron chi connectivity index (χ1n) is 7.13. The SMILES string of the molecule is CCCNC(COCC(F)(F)F)c1ccc2c(c1)CCO2. The van der Waals surface area contributed by atoms with Crippen molar-refractivity contribution in [3.63, 3.8) is 0 Å². The molecule has 1 aromatic carbocycles. The third kappa shape index (κ3) is 4.89. The Balaban J connectivity index is 2.01. The summed E-state index contributed by atoms with van der Waals surface area (Å²) in [6.07, 6.45) is -2.54. The van der Waals surface area contributed by atoms with E-state index in [-0.39, 0.29) is 12.6 Å². The number of halogens is 3. The first-order valence-corrected chi connectivity index (χ1v) is 7.13. The normalized spacial score (nSPS) is 15.6. The Morgan fingerprint density at radius 1 is 1.38 bits per heavy atom. The fourth-order valence-corrected chi connectivity index (χ4v) is 2.31. The molecule has 0 saturated carbocycles. The van der Waals surface area contributed by atoms with Crippen LogP contribution in [0.3, 0.4) is 0 Å². The molecule has 0 saturated heterocycles. The fraction of sp³-hybridized carbons (Fsp3) is 0.600. The molecule has 0 amide bonds. The van der Waals surface area contributed by atoms with Gasteiger partial charge in [-0.1, -0.05) is 19.1 Å². The van der Waals surface area contributed by atoms with Gasteiger partial charge in [-0.3, -0.25) is 0 Å². The molecule has 0 fully saturated rings. The van der Waals surface area contributed by atoms with Crippen LogP contribution in [0.15, 0.2) is 18.2 Å². The standard InChI is InChI=1S/C15H20F3NO2/c1-2-6-19-13(9-20-10-15(16,17)18)11-3-4-14-12(8-11)5-7-21-14/h3-4,8,13,19H,2,5-7,9-10H2,1H3. The second kappa shape index (κ2) is 7.13. The molecule has 1 aliphatic heterocycles. The summed E-state index contributed by atoms with van der Waals surface area (Å²) in [4.78, 5) is 0. The lowest BCUT2D eigenvalue weighted by Crippen LogP contribution is -2.28. The lowest BCUT2D eigenvalue weighted by molar-refractivity contribution is -0.175. The topological polar surface area (TPSA) is 30.5 Å². The summed E-state index contributed by atoms with van der Waals surface area (Å²) >= 11 is 0. The first kappa shape index (κ1) is 16.1. The Labute approximate surface area is 122 Å². The molecule has 1 aromatic rings. The Hall–Kier alpha value is -1.27. The second-order valence-corrected chi connectivity index (χ2v) is 5.10. The molecule has 0 aromatic heterocycles. The van der Waals surface area contributed by atoms with Gasteiger partial charge in [0.25, 0.3) is 0 Å². The lowest BCUT2D eigenvalue weighted by atomic mass is 10.0. The van der Waals surface area contributed by atoms with Crippen LogP contribution in [-0.2, 0) is 11.2 Å². The fourth-order valence-electron chi connectivity index (χ4n) is 2.31. The number of hydrogen-bond donors (Lipinski definition) is 1. The molecular formula is C15H20F3NO2. The van der Waals surface area contributed by atoms with E-state index in [1.54, 1.807) is 0 Å². The van der Waals surface area contributed by atoms with Crippen molar-refractivity contribution >= 4 is 0 Å². The molecule has 1 heterocycles. The van der Waals surface area contributed by atoms with E-state index in [1.807, 2.05) is 25.1 Å². The van der Waals surface area contributed by atoms with Crippen LogP contribution in [0.5, 0.6) is 5.75 Å². The minimum Gasteiger partial charge on any atom is -0.493 e. The number of nitrogens with one attached hydrogen (secondary N) is 1. The number of rotatable bonds is 7. The van der Waals surface area contributed by atoms with Gasteiger partial charge in [0.2, 0.25) is 0 Å². The van der Waals surface area contributed by atoms with Crippen molar-refractivity contribution in [2.45, 2.75) is 32.0 Å². The first-order chi connectivity index (χ1) is 9.99. The van der Waals surface area contributed by atoms with Gasteiger partial charge in [-0.05, 0) is 30.2 Å². The zero-order valence-corrected chi connectivity index (χ0v) is 12.0. The van der Waals surface area contributed by atoms with E-state index in [0.717, 1.165) is 36.3 Å². The summed E-state index contributed by atoms with van der Waals surface area (Å²) in [6, 6.07) is 5.52. The Morgan fingerprint density at radius 3 is 2.90 bits per heavy atom. The highest BCUT2D eigenvalue weighted by molar-refractivity contribution is 5.40. The van der Waals surface area contributed by atoms with Gasteiger partial charge in [0.15, 0.2) is 0 Å². The van der Waals surface area contributed by atoms with Crippen molar-refractivity contribution in [2.75, 3.05) is 26.4 Å². The van der Waals surface area contributed by atoms with Crippen molar-refractivity contribution in [3.05, 3.63) is 29.3 Å². The average Bonchev–Trinajstić information content (AvgIpc) is 2.88. The highest BCUT2D eigenvalue weighted by Crippen LogP contribution is 2.28. The number of alkyl halides is 3. The molecule has 0 radical (unpaired) electrons. The third-order valence-electron chi connectivity index (χ3n) is 3.31. The van der Waals surface area contributed by atoms with E-state index in [1.165, 1.54) is 0 Å². The Bertz CT molecular complexity index is 463. The molecule has 6 heteroatoms. The second-order valence-electron chi connectivity index (χ2n) is 5.10. The van der Waals surface area contributed by atoms with E-state index in [9.17, 15) is 13.2 Å². The van der Waals surface area contributed by atoms with Gasteiger partial charge in [0, 0.05) is 6.42 Å². The quantitative estimate of drug-likeness (QED) is 0.839. The molecule has 0 aliphatic carbocycles. The zero-order valence-electron chi connectivity index (χ0n) is 12.0. The summed E-state index contributed by atoms with van der Waals surface area (Å²) in [5, 5.41) is 3.23. The van der Waals surface area contributed by atoms with Crippen molar-refractivity contribution in [1.82, 2.24) is 5.32 Å². The van der Waals surface area contributed by atoms with Crippen LogP contribution in [-0.4, -0.2) is 32.5 Å². The van der Waals surface area contributed by atoms with Crippen LogP contribution in [0.25, 0.3) is 0 Å². The summed E-state index contributed by atoms with van der Waals surface area (Å²) in [6.45, 7) is 2.19. The number of hydrogen-bond acceptors (Lipinski definition) is 3. The third-order valence-corrected chi connectivity index (χ3v) is 3.31. The van der Waals surface area contributed by atoms with Crippen LogP contribution in [0.4, 0.5) is 13.2 Å². The van der Waals surface area contributed by atoms with E-state index in [2.05, 4.69) is 5.32 Å². The zero-order chi connectivity index (χ0) is 15.3. The average molecular weight is 303 g/mol. The summed E-state index contributed by atoms with van der Waals surface area (Å²) in [7, 11) is 0. The minimum absolute atomic E-state index is 0.000839. The predicted molar refractivity (Wildman–Crippen MR) is 73.5 cm³/mol. The maximum absolute atomic E-state index is 12.2. The van der Waals surface area contributed by atoms with Crippen LogP contribution in [0.1, 0.15) is 30.5 Å². The summed E-state index contributed by atoms with van der Waals surface area (Å²) in [5.41, 5.74) is 2.04. The van der Waals surface area contributed by atoms with E-state index < -0.39 is 12.8 Å². The number of benzene rings is 1. The predicted octanol–water partition coefficient (Wildman–Crippen LogP) is 3.24. The monoisotopic (exact) mass is 303 g/mol. The smallest absolute Gasteiger partial charge is 0.411 e. The molecule has 1 N–H and O–H groups in total. The Kier molecular flexibility index (Phi) is 5.47. The molecule has 0 bridgehead atoms. The largest absolute Gasteiger partial charge is 0.493 e. The van der Waals surface area contributed by atoms with Gasteiger partial charge < -0.3 is 14.8 Å². The molecule has 118 valence electrons. The maximum atomic E-state index is 12.2. The highest BCUT2D eigenvalue weighted by atomic mass is 19.4. The molecule has 2 rings (SSSR count). The maximum Gasteiger partial charge on any atom is 0.411 e. The molecule has 0 spiro atoms. The minimum atomic E-state index is -4.29.